The van der Waals surface area contributed by atoms with E-state index in [0.717, 1.165) is 12.8 Å². The van der Waals surface area contributed by atoms with Crippen LogP contribution < -0.4 is 21.3 Å². The van der Waals surface area contributed by atoms with Gasteiger partial charge in [-0.25, -0.2) is 19.3 Å². The molecular formula is C30H25F2N7O2. The van der Waals surface area contributed by atoms with Gasteiger partial charge < -0.3 is 15.8 Å². The Balaban J connectivity index is 1.41. The number of fused-ring (bicyclic) bond motifs is 1. The van der Waals surface area contributed by atoms with Crippen LogP contribution >= 0.6 is 0 Å². The van der Waals surface area contributed by atoms with Crippen LogP contribution in [0.1, 0.15) is 42.8 Å². The van der Waals surface area contributed by atoms with Crippen molar-refractivity contribution in [2.45, 2.75) is 31.9 Å². The van der Waals surface area contributed by atoms with Gasteiger partial charge in [-0.15, -0.1) is 0 Å². The second-order valence-electron chi connectivity index (χ2n) is 9.74. The Morgan fingerprint density at radius 3 is 2.54 bits per heavy atom. The summed E-state index contributed by atoms with van der Waals surface area (Å²) in [7, 11) is 0. The number of benzene rings is 3. The molecule has 1 aliphatic rings. The predicted molar refractivity (Wildman–Crippen MR) is 152 cm³/mol. The predicted octanol–water partition coefficient (Wildman–Crippen LogP) is 5.17. The molecule has 1 fully saturated rings. The zero-order chi connectivity index (χ0) is 28.7. The lowest BCUT2D eigenvalue weighted by Crippen LogP contribution is -2.28. The fraction of sp³-hybridized carbons (Fsp3) is 0.167. The fourth-order valence-corrected chi connectivity index (χ4v) is 4.61. The van der Waals surface area contributed by atoms with Gasteiger partial charge in [-0.1, -0.05) is 30.3 Å². The molecule has 41 heavy (non-hydrogen) atoms. The van der Waals surface area contributed by atoms with E-state index < -0.39 is 23.4 Å². The average molecular weight is 554 g/mol. The Morgan fingerprint density at radius 1 is 1.05 bits per heavy atom. The Labute approximate surface area is 233 Å². The summed E-state index contributed by atoms with van der Waals surface area (Å²) in [6.07, 6.45) is 2.64. The number of hydrogen-bond donors (Lipinski definition) is 3. The van der Waals surface area contributed by atoms with Crippen molar-refractivity contribution >= 4 is 28.3 Å². The molecule has 0 amide bonds. The van der Waals surface area contributed by atoms with Crippen LogP contribution in [0.3, 0.4) is 0 Å². The third kappa shape index (κ3) is 4.86. The molecule has 0 bridgehead atoms. The van der Waals surface area contributed by atoms with E-state index in [9.17, 15) is 9.18 Å². The number of nitrogens with zero attached hydrogens (tertiary/aromatic N) is 4. The van der Waals surface area contributed by atoms with Gasteiger partial charge in [-0.3, -0.25) is 14.8 Å². The number of hydrogen-bond acceptors (Lipinski definition) is 8. The van der Waals surface area contributed by atoms with Gasteiger partial charge in [0, 0.05) is 5.56 Å². The fourth-order valence-electron chi connectivity index (χ4n) is 4.61. The molecule has 5 aromatic rings. The first-order chi connectivity index (χ1) is 19.8. The van der Waals surface area contributed by atoms with E-state index in [1.807, 2.05) is 18.2 Å². The van der Waals surface area contributed by atoms with Crippen LogP contribution in [0, 0.1) is 17.0 Å². The summed E-state index contributed by atoms with van der Waals surface area (Å²) in [5, 5.41) is 12.4. The van der Waals surface area contributed by atoms with Crippen molar-refractivity contribution in [2.24, 2.45) is 0 Å². The summed E-state index contributed by atoms with van der Waals surface area (Å²) in [4.78, 5) is 26.6. The molecular weight excluding hydrogens is 528 g/mol. The van der Waals surface area contributed by atoms with Crippen LogP contribution in [0.5, 0.6) is 5.75 Å². The van der Waals surface area contributed by atoms with Gasteiger partial charge in [-0.2, -0.15) is 4.39 Å². The van der Waals surface area contributed by atoms with Gasteiger partial charge >= 0.3 is 0 Å². The number of anilines is 2. The average Bonchev–Trinajstić information content (AvgIpc) is 3.80. The zero-order valence-corrected chi connectivity index (χ0v) is 21.9. The minimum absolute atomic E-state index is 0.0251. The van der Waals surface area contributed by atoms with E-state index in [1.165, 1.54) is 23.0 Å². The lowest BCUT2D eigenvalue weighted by atomic mass is 10.0. The molecule has 0 saturated heterocycles. The Morgan fingerprint density at radius 2 is 1.78 bits per heavy atom. The highest BCUT2D eigenvalue weighted by molar-refractivity contribution is 6.16. The first-order valence-electron chi connectivity index (χ1n) is 13.0. The maximum absolute atomic E-state index is 15.1. The van der Waals surface area contributed by atoms with Gasteiger partial charge in [0.2, 0.25) is 5.82 Å². The molecule has 0 aliphatic heterocycles. The van der Waals surface area contributed by atoms with Crippen LogP contribution in [0.2, 0.25) is 0 Å². The molecule has 1 unspecified atom stereocenters. The van der Waals surface area contributed by atoms with Gasteiger partial charge in [0.1, 0.15) is 23.8 Å². The number of rotatable bonds is 8. The molecule has 6 rings (SSSR count). The smallest absolute Gasteiger partial charge is 0.266 e. The second-order valence-corrected chi connectivity index (χ2v) is 9.74. The highest BCUT2D eigenvalue weighted by atomic mass is 19.2. The first kappa shape index (κ1) is 26.1. The van der Waals surface area contributed by atoms with E-state index >= 15 is 4.39 Å². The molecule has 1 atom stereocenters. The number of halogens is 2. The van der Waals surface area contributed by atoms with Crippen LogP contribution in [0.25, 0.3) is 16.6 Å². The summed E-state index contributed by atoms with van der Waals surface area (Å²) in [5.74, 6) is -2.26. The lowest BCUT2D eigenvalue weighted by Gasteiger charge is -2.22. The molecule has 11 heteroatoms. The molecule has 0 spiro atoms. The Kier molecular flexibility index (Phi) is 6.62. The molecule has 9 nitrogen and oxygen atoms in total. The Hall–Kier alpha value is -5.19. The van der Waals surface area contributed by atoms with E-state index in [0.29, 0.717) is 22.4 Å². The molecule has 3 aromatic carbocycles. The van der Waals surface area contributed by atoms with Gasteiger partial charge in [-0.05, 0) is 56.2 Å². The molecule has 206 valence electrons. The maximum atomic E-state index is 15.1. The number of ether oxygens (including phenoxy) is 1. The van der Waals surface area contributed by atoms with Crippen molar-refractivity contribution in [1.29, 1.82) is 5.41 Å². The van der Waals surface area contributed by atoms with Crippen molar-refractivity contribution in [1.82, 2.24) is 19.5 Å². The molecule has 1 saturated carbocycles. The maximum Gasteiger partial charge on any atom is 0.266 e. The lowest BCUT2D eigenvalue weighted by molar-refractivity contribution is 0.282. The van der Waals surface area contributed by atoms with Crippen LogP contribution in [-0.4, -0.2) is 31.3 Å². The topological polar surface area (TPSA) is 132 Å². The molecule has 2 heterocycles. The van der Waals surface area contributed by atoms with E-state index in [-0.39, 0.29) is 40.2 Å². The van der Waals surface area contributed by atoms with Crippen molar-refractivity contribution in [3.05, 3.63) is 112 Å². The van der Waals surface area contributed by atoms with Gasteiger partial charge in [0.15, 0.2) is 11.6 Å². The van der Waals surface area contributed by atoms with Crippen molar-refractivity contribution < 1.29 is 13.5 Å². The monoisotopic (exact) mass is 553 g/mol. The first-order valence-corrected chi connectivity index (χ1v) is 13.0. The van der Waals surface area contributed by atoms with Crippen molar-refractivity contribution in [3.63, 3.8) is 0 Å². The minimum Gasteiger partial charge on any atom is -0.487 e. The number of nitrogens with one attached hydrogen (secondary N) is 2. The third-order valence-corrected chi connectivity index (χ3v) is 6.82. The van der Waals surface area contributed by atoms with E-state index in [2.05, 4.69) is 15.3 Å². The number of nitrogen functional groups attached to an aromatic ring is 1. The summed E-state index contributed by atoms with van der Waals surface area (Å²) in [5.41, 5.74) is 6.24. The number of para-hydroxylation sites is 2. The quantitative estimate of drug-likeness (QED) is 0.226. The van der Waals surface area contributed by atoms with Gasteiger partial charge in [0.25, 0.3) is 5.56 Å². The largest absolute Gasteiger partial charge is 0.487 e. The van der Waals surface area contributed by atoms with Crippen molar-refractivity contribution in [2.75, 3.05) is 11.1 Å². The molecule has 2 aromatic heterocycles. The van der Waals surface area contributed by atoms with E-state index in [4.69, 9.17) is 20.9 Å². The summed E-state index contributed by atoms with van der Waals surface area (Å²) in [6, 6.07) is 18.0. The molecule has 0 radical (unpaired) electrons. The second kappa shape index (κ2) is 10.4. The van der Waals surface area contributed by atoms with Crippen molar-refractivity contribution in [3.8, 4) is 11.4 Å². The summed E-state index contributed by atoms with van der Waals surface area (Å²) in [6.45, 7) is 1.77. The van der Waals surface area contributed by atoms with Gasteiger partial charge in [0.05, 0.1) is 40.0 Å². The summed E-state index contributed by atoms with van der Waals surface area (Å²) >= 11 is 0. The molecule has 4 N–H and O–H groups in total. The zero-order valence-electron chi connectivity index (χ0n) is 21.9. The minimum atomic E-state index is -1.23. The SMILES string of the molecule is CC(Nc1ncnc(N)c1C(=N)c1ccc(OC2CC2)c(F)c1F)c1nc2ccccc2c(=O)n1-c1ccccc1. The van der Waals surface area contributed by atoms with Crippen LogP contribution in [0.15, 0.2) is 77.9 Å². The third-order valence-electron chi connectivity index (χ3n) is 6.82. The number of nitrogens with two attached hydrogens (primary N) is 1. The number of aromatic nitrogens is 4. The highest BCUT2D eigenvalue weighted by Crippen LogP contribution is 2.33. The highest BCUT2D eigenvalue weighted by Gasteiger charge is 2.28. The van der Waals surface area contributed by atoms with Crippen LogP contribution in [0.4, 0.5) is 20.4 Å². The van der Waals surface area contributed by atoms with E-state index in [1.54, 1.807) is 43.3 Å². The summed E-state index contributed by atoms with van der Waals surface area (Å²) < 4.78 is 36.9. The normalized spacial score (nSPS) is 13.6. The standard InChI is InChI=1S/C30H25F2N7O2/c1-16(29-38-21-10-6-5-9-19(21)30(40)39(29)17-7-3-2-4-8-17)37-28-23(27(34)35-15-36-28)26(33)20-13-14-22(25(32)24(20)31)41-18-11-12-18/h2-10,13-16,18,33H,11-12H2,1H3,(H3,34,35,36,37). The Bertz CT molecular complexity index is 1860. The molecule has 1 aliphatic carbocycles. The van der Waals surface area contributed by atoms with Crippen LogP contribution in [-0.2, 0) is 0 Å².